The number of carbonyl (C=O) groups is 1. The van der Waals surface area contributed by atoms with Crippen molar-refractivity contribution in [1.29, 1.82) is 0 Å². The van der Waals surface area contributed by atoms with Crippen LogP contribution in [-0.4, -0.2) is 11.8 Å². The predicted octanol–water partition coefficient (Wildman–Crippen LogP) is 3.08. The van der Waals surface area contributed by atoms with E-state index in [4.69, 9.17) is 10.6 Å². The maximum atomic E-state index is 11.9. The summed E-state index contributed by atoms with van der Waals surface area (Å²) in [7, 11) is 0. The van der Waals surface area contributed by atoms with Crippen molar-refractivity contribution in [3.8, 4) is 0 Å². The summed E-state index contributed by atoms with van der Waals surface area (Å²) in [6, 6.07) is 14.6. The number of carbonyl (C=O) groups excluding carboxylic acids is 1. The van der Waals surface area contributed by atoms with Crippen LogP contribution < -0.4 is 5.73 Å². The van der Waals surface area contributed by atoms with Gasteiger partial charge in [0.1, 0.15) is 0 Å². The van der Waals surface area contributed by atoms with E-state index >= 15 is 0 Å². The number of nitrogens with two attached hydrogens (primary N) is 1. The molecule has 102 valence electrons. The Morgan fingerprint density at radius 2 is 1.80 bits per heavy atom. The highest BCUT2D eigenvalue weighted by Gasteiger charge is 2.11. The number of halogens is 1. The fraction of sp³-hybridized carbons (Fsp3) is 0.0667. The minimum absolute atomic E-state index is 0.171. The molecule has 0 fully saturated rings. The molecule has 0 aromatic heterocycles. The molecular formula is C15H13IN2O2. The predicted molar refractivity (Wildman–Crippen MR) is 86.5 cm³/mol. The molecule has 0 bridgehead atoms. The summed E-state index contributed by atoms with van der Waals surface area (Å²) in [5.41, 5.74) is 8.08. The number of aryl methyl sites for hydroxylation is 1. The molecule has 0 atom stereocenters. The Morgan fingerprint density at radius 3 is 2.45 bits per heavy atom. The van der Waals surface area contributed by atoms with Crippen molar-refractivity contribution < 1.29 is 9.63 Å². The smallest absolute Gasteiger partial charge is 0.366 e. The van der Waals surface area contributed by atoms with Gasteiger partial charge in [-0.05, 0) is 41.6 Å². The molecule has 4 nitrogen and oxygen atoms in total. The van der Waals surface area contributed by atoms with Crippen LogP contribution >= 0.6 is 22.6 Å². The molecule has 2 N–H and O–H groups in total. The number of hydrogen-bond acceptors (Lipinski definition) is 3. The van der Waals surface area contributed by atoms with E-state index in [-0.39, 0.29) is 5.84 Å². The van der Waals surface area contributed by atoms with Gasteiger partial charge < -0.3 is 10.6 Å². The third kappa shape index (κ3) is 3.57. The second kappa shape index (κ2) is 6.51. The largest absolute Gasteiger partial charge is 0.380 e. The molecule has 0 unspecified atom stereocenters. The van der Waals surface area contributed by atoms with E-state index in [0.717, 1.165) is 9.13 Å². The van der Waals surface area contributed by atoms with Crippen LogP contribution in [0.5, 0.6) is 0 Å². The van der Waals surface area contributed by atoms with E-state index in [1.807, 2.05) is 43.3 Å². The second-order valence-electron chi connectivity index (χ2n) is 4.20. The van der Waals surface area contributed by atoms with Gasteiger partial charge >= 0.3 is 5.97 Å². The molecule has 0 aliphatic heterocycles. The van der Waals surface area contributed by atoms with Crippen molar-refractivity contribution in [3.05, 3.63) is 68.8 Å². The van der Waals surface area contributed by atoms with Gasteiger partial charge in [0, 0.05) is 9.13 Å². The van der Waals surface area contributed by atoms with E-state index in [1.165, 1.54) is 0 Å². The molecular weight excluding hydrogens is 367 g/mol. The Hall–Kier alpha value is -1.89. The first kappa shape index (κ1) is 14.5. The molecule has 2 aromatic carbocycles. The third-order valence-electron chi connectivity index (χ3n) is 2.67. The number of rotatable bonds is 3. The molecule has 0 aliphatic rings. The molecule has 0 aliphatic carbocycles. The van der Waals surface area contributed by atoms with E-state index < -0.39 is 5.97 Å². The molecule has 0 saturated heterocycles. The van der Waals surface area contributed by atoms with Crippen LogP contribution in [0.15, 0.2) is 53.7 Å². The maximum Gasteiger partial charge on any atom is 0.366 e. The summed E-state index contributed by atoms with van der Waals surface area (Å²) in [5.74, 6) is -0.352. The number of benzene rings is 2. The summed E-state index contributed by atoms with van der Waals surface area (Å²) in [6.45, 7) is 1.98. The number of hydrogen-bond donors (Lipinski definition) is 1. The third-order valence-corrected chi connectivity index (χ3v) is 3.61. The fourth-order valence-electron chi connectivity index (χ4n) is 1.54. The fourth-order valence-corrected chi connectivity index (χ4v) is 2.15. The van der Waals surface area contributed by atoms with E-state index in [0.29, 0.717) is 11.1 Å². The van der Waals surface area contributed by atoms with Crippen LogP contribution in [0.2, 0.25) is 0 Å². The van der Waals surface area contributed by atoms with Crippen LogP contribution in [0, 0.1) is 10.5 Å². The van der Waals surface area contributed by atoms with Crippen molar-refractivity contribution in [2.45, 2.75) is 6.92 Å². The lowest BCUT2D eigenvalue weighted by atomic mass is 10.1. The molecule has 0 radical (unpaired) electrons. The first-order valence-electron chi connectivity index (χ1n) is 5.94. The standard InChI is InChI=1S/C15H13IN2O2/c1-10-6-8-11(9-7-10)14(17)18-20-15(19)12-4-2-3-5-13(12)16/h2-9H,1H3,(H2,17,18). The number of amidine groups is 1. The van der Waals surface area contributed by atoms with E-state index in [1.54, 1.807) is 12.1 Å². The molecule has 5 heteroatoms. The van der Waals surface area contributed by atoms with Gasteiger partial charge in [0.2, 0.25) is 0 Å². The highest BCUT2D eigenvalue weighted by Crippen LogP contribution is 2.13. The Labute approximate surface area is 130 Å². The Bertz CT molecular complexity index is 651. The molecule has 0 heterocycles. The summed E-state index contributed by atoms with van der Waals surface area (Å²) >= 11 is 2.07. The van der Waals surface area contributed by atoms with E-state index in [2.05, 4.69) is 27.7 Å². The number of oxime groups is 1. The quantitative estimate of drug-likeness (QED) is 0.293. The van der Waals surface area contributed by atoms with E-state index in [9.17, 15) is 4.79 Å². The van der Waals surface area contributed by atoms with Crippen molar-refractivity contribution in [3.63, 3.8) is 0 Å². The van der Waals surface area contributed by atoms with Gasteiger partial charge in [-0.1, -0.05) is 47.1 Å². The second-order valence-corrected chi connectivity index (χ2v) is 5.36. The highest BCUT2D eigenvalue weighted by atomic mass is 127. The van der Waals surface area contributed by atoms with Crippen molar-refractivity contribution in [2.75, 3.05) is 0 Å². The summed E-state index contributed by atoms with van der Waals surface area (Å²) in [5, 5.41) is 3.68. The van der Waals surface area contributed by atoms with Gasteiger partial charge in [-0.3, -0.25) is 0 Å². The lowest BCUT2D eigenvalue weighted by Crippen LogP contribution is -2.15. The van der Waals surface area contributed by atoms with Crippen molar-refractivity contribution in [2.24, 2.45) is 10.9 Å². The van der Waals surface area contributed by atoms with Crippen LogP contribution in [0.25, 0.3) is 0 Å². The lowest BCUT2D eigenvalue weighted by Gasteiger charge is -2.03. The average Bonchev–Trinajstić information content (AvgIpc) is 2.45. The first-order valence-corrected chi connectivity index (χ1v) is 7.02. The summed E-state index contributed by atoms with van der Waals surface area (Å²) in [6.07, 6.45) is 0. The summed E-state index contributed by atoms with van der Waals surface area (Å²) < 4.78 is 0.805. The Morgan fingerprint density at radius 1 is 1.15 bits per heavy atom. The molecule has 20 heavy (non-hydrogen) atoms. The minimum Gasteiger partial charge on any atom is -0.380 e. The highest BCUT2D eigenvalue weighted by molar-refractivity contribution is 14.1. The minimum atomic E-state index is -0.523. The average molecular weight is 380 g/mol. The maximum absolute atomic E-state index is 11.9. The monoisotopic (exact) mass is 380 g/mol. The zero-order valence-electron chi connectivity index (χ0n) is 10.8. The van der Waals surface area contributed by atoms with Gasteiger partial charge in [-0.15, -0.1) is 0 Å². The van der Waals surface area contributed by atoms with Gasteiger partial charge in [0.15, 0.2) is 5.84 Å². The Kier molecular flexibility index (Phi) is 4.73. The summed E-state index contributed by atoms with van der Waals surface area (Å²) in [4.78, 5) is 16.7. The normalized spacial score (nSPS) is 11.2. The van der Waals surface area contributed by atoms with Crippen molar-refractivity contribution >= 4 is 34.4 Å². The number of nitrogens with zero attached hydrogens (tertiary/aromatic N) is 1. The van der Waals surface area contributed by atoms with Crippen LogP contribution in [0.3, 0.4) is 0 Å². The van der Waals surface area contributed by atoms with Crippen LogP contribution in [0.4, 0.5) is 0 Å². The Balaban J connectivity index is 2.11. The zero-order chi connectivity index (χ0) is 14.5. The topological polar surface area (TPSA) is 64.7 Å². The molecule has 0 saturated carbocycles. The van der Waals surface area contributed by atoms with Crippen molar-refractivity contribution in [1.82, 2.24) is 0 Å². The van der Waals surface area contributed by atoms with Gasteiger partial charge in [-0.25, -0.2) is 4.79 Å². The molecule has 0 spiro atoms. The van der Waals surface area contributed by atoms with Crippen LogP contribution in [0.1, 0.15) is 21.5 Å². The first-order chi connectivity index (χ1) is 9.58. The SMILES string of the molecule is Cc1ccc(C(N)=NOC(=O)c2ccccc2I)cc1. The van der Waals surface area contributed by atoms with Crippen LogP contribution in [-0.2, 0) is 4.84 Å². The van der Waals surface area contributed by atoms with Gasteiger partial charge in [0.25, 0.3) is 0 Å². The molecule has 2 rings (SSSR count). The molecule has 2 aromatic rings. The van der Waals surface area contributed by atoms with Gasteiger partial charge in [-0.2, -0.15) is 0 Å². The lowest BCUT2D eigenvalue weighted by molar-refractivity contribution is 0.0515. The molecule has 0 amide bonds. The zero-order valence-corrected chi connectivity index (χ0v) is 13.0. The van der Waals surface area contributed by atoms with Gasteiger partial charge in [0.05, 0.1) is 5.56 Å².